The molecular formula is C21H36O7SSi. The second-order valence-electron chi connectivity index (χ2n) is 8.22. The summed E-state index contributed by atoms with van der Waals surface area (Å²) in [6.45, 7) is 7.69. The number of rotatable bonds is 10. The van der Waals surface area contributed by atoms with Crippen LogP contribution in [0.4, 0.5) is 0 Å². The molecule has 0 amide bonds. The summed E-state index contributed by atoms with van der Waals surface area (Å²) >= 11 is 0. The second-order valence-corrected chi connectivity index (χ2v) is 14.6. The van der Waals surface area contributed by atoms with Gasteiger partial charge in [-0.3, -0.25) is 4.18 Å². The van der Waals surface area contributed by atoms with Crippen LogP contribution in [0.2, 0.25) is 18.1 Å². The Kier molecular flexibility index (Phi) is 8.65. The average Bonchev–Trinajstić information content (AvgIpc) is 2.74. The Hall–Kier alpha value is -0.813. The predicted molar refractivity (Wildman–Crippen MR) is 117 cm³/mol. The Labute approximate surface area is 181 Å². The van der Waals surface area contributed by atoms with Crippen LogP contribution >= 0.6 is 0 Å². The minimum atomic E-state index is -4.05. The van der Waals surface area contributed by atoms with Gasteiger partial charge in [-0.2, -0.15) is 8.42 Å². The van der Waals surface area contributed by atoms with Gasteiger partial charge in [-0.25, -0.2) is 0 Å². The van der Waals surface area contributed by atoms with Gasteiger partial charge >= 0.3 is 0 Å². The first-order chi connectivity index (χ1) is 14.1. The molecule has 4 atom stereocenters. The molecule has 0 aromatic heterocycles. The van der Waals surface area contributed by atoms with Crippen molar-refractivity contribution in [2.45, 2.75) is 87.5 Å². The summed E-state index contributed by atoms with van der Waals surface area (Å²) in [6, 6.07) is 9.15. The Bertz CT molecular complexity index is 771. The molecule has 1 saturated carbocycles. The fourth-order valence-electron chi connectivity index (χ4n) is 4.05. The number of methoxy groups -OCH3 is 1. The summed E-state index contributed by atoms with van der Waals surface area (Å²) in [5, 5.41) is 21.9. The lowest BCUT2D eigenvalue weighted by molar-refractivity contribution is -0.199. The highest BCUT2D eigenvalue weighted by atomic mass is 32.2. The third kappa shape index (κ3) is 5.51. The highest BCUT2D eigenvalue weighted by Crippen LogP contribution is 2.36. The van der Waals surface area contributed by atoms with Crippen LogP contribution in [0.15, 0.2) is 29.2 Å². The Morgan fingerprint density at radius 3 is 2.20 bits per heavy atom. The third-order valence-electron chi connectivity index (χ3n) is 6.47. The van der Waals surface area contributed by atoms with E-state index < -0.39 is 42.9 Å². The standard InChI is InChI=1S/C21H36O7SSi/c1-6-30(7-2,8-3)28-18-13-14-21(23,20(22)19(18)26-5)15-27-29(24,25)17-11-9-16(4)10-12-17/h9-12,18-20,22-23H,6-8,13-15H2,1-5H3/t18-,19-,20+,21+/m1/s1. The normalized spacial score (nSPS) is 27.9. The lowest BCUT2D eigenvalue weighted by Crippen LogP contribution is -2.62. The van der Waals surface area contributed by atoms with Crippen LogP contribution in [0.25, 0.3) is 0 Å². The lowest BCUT2D eigenvalue weighted by Gasteiger charge is -2.47. The quantitative estimate of drug-likeness (QED) is 0.409. The molecule has 9 heteroatoms. The summed E-state index contributed by atoms with van der Waals surface area (Å²) in [5.41, 5.74) is -0.817. The summed E-state index contributed by atoms with van der Waals surface area (Å²) in [5.74, 6) is 0. The number of hydrogen-bond acceptors (Lipinski definition) is 7. The van der Waals surface area contributed by atoms with E-state index in [2.05, 4.69) is 20.8 Å². The van der Waals surface area contributed by atoms with Gasteiger partial charge in [-0.15, -0.1) is 0 Å². The van der Waals surface area contributed by atoms with Gasteiger partial charge in [0.25, 0.3) is 10.1 Å². The van der Waals surface area contributed by atoms with E-state index in [1.54, 1.807) is 12.1 Å². The molecular weight excluding hydrogens is 424 g/mol. The molecule has 1 fully saturated rings. The van der Waals surface area contributed by atoms with Crippen molar-refractivity contribution in [3.8, 4) is 0 Å². The van der Waals surface area contributed by atoms with Gasteiger partial charge in [0, 0.05) is 7.11 Å². The largest absolute Gasteiger partial charge is 0.411 e. The molecule has 1 aliphatic carbocycles. The number of aliphatic hydroxyl groups is 2. The van der Waals surface area contributed by atoms with Gasteiger partial charge in [-0.05, 0) is 50.0 Å². The second kappa shape index (κ2) is 10.2. The minimum Gasteiger partial charge on any atom is -0.411 e. The van der Waals surface area contributed by atoms with Crippen LogP contribution in [0.1, 0.15) is 39.2 Å². The molecule has 1 aliphatic rings. The van der Waals surface area contributed by atoms with Crippen LogP contribution in [-0.4, -0.2) is 64.6 Å². The van der Waals surface area contributed by atoms with Crippen molar-refractivity contribution in [3.63, 3.8) is 0 Å². The van der Waals surface area contributed by atoms with E-state index in [4.69, 9.17) is 13.3 Å². The van der Waals surface area contributed by atoms with Crippen LogP contribution in [-0.2, 0) is 23.5 Å². The number of benzene rings is 1. The van der Waals surface area contributed by atoms with Crippen molar-refractivity contribution < 1.29 is 32.0 Å². The molecule has 0 heterocycles. The minimum absolute atomic E-state index is 0.0103. The van der Waals surface area contributed by atoms with Gasteiger partial charge < -0.3 is 19.4 Å². The molecule has 30 heavy (non-hydrogen) atoms. The lowest BCUT2D eigenvalue weighted by atomic mass is 9.79. The number of aliphatic hydroxyl groups excluding tert-OH is 1. The molecule has 0 radical (unpaired) electrons. The molecule has 2 rings (SSSR count). The van der Waals surface area contributed by atoms with Crippen LogP contribution in [0.5, 0.6) is 0 Å². The maximum Gasteiger partial charge on any atom is 0.297 e. The van der Waals surface area contributed by atoms with Gasteiger partial charge in [-0.1, -0.05) is 38.5 Å². The first-order valence-corrected chi connectivity index (χ1v) is 14.6. The van der Waals surface area contributed by atoms with E-state index in [1.165, 1.54) is 19.2 Å². The van der Waals surface area contributed by atoms with Crippen molar-refractivity contribution in [1.29, 1.82) is 0 Å². The van der Waals surface area contributed by atoms with Gasteiger partial charge in [0.15, 0.2) is 8.32 Å². The first-order valence-electron chi connectivity index (χ1n) is 10.6. The van der Waals surface area contributed by atoms with Crippen molar-refractivity contribution in [3.05, 3.63) is 29.8 Å². The van der Waals surface area contributed by atoms with Crippen molar-refractivity contribution >= 4 is 18.4 Å². The number of ether oxygens (including phenoxy) is 1. The maximum absolute atomic E-state index is 12.5. The predicted octanol–water partition coefficient (Wildman–Crippen LogP) is 2.99. The highest BCUT2D eigenvalue weighted by molar-refractivity contribution is 7.86. The molecule has 0 unspecified atom stereocenters. The monoisotopic (exact) mass is 460 g/mol. The Balaban J connectivity index is 2.12. The molecule has 0 saturated heterocycles. The third-order valence-corrected chi connectivity index (χ3v) is 12.4. The maximum atomic E-state index is 12.5. The zero-order chi connectivity index (χ0) is 22.6. The van der Waals surface area contributed by atoms with E-state index in [-0.39, 0.29) is 17.4 Å². The van der Waals surface area contributed by atoms with Crippen LogP contribution < -0.4 is 0 Å². The van der Waals surface area contributed by atoms with Crippen molar-refractivity contribution in [2.24, 2.45) is 0 Å². The Morgan fingerprint density at radius 1 is 1.13 bits per heavy atom. The molecule has 172 valence electrons. The Morgan fingerprint density at radius 2 is 1.70 bits per heavy atom. The van der Waals surface area contributed by atoms with Gasteiger partial charge in [0.2, 0.25) is 0 Å². The molecule has 7 nitrogen and oxygen atoms in total. The average molecular weight is 461 g/mol. The SMILES string of the molecule is CC[Si](CC)(CC)O[C@@H]1CC[C@](O)(COS(=O)(=O)c2ccc(C)cc2)[C@@H](O)[C@@H]1OC. The van der Waals surface area contributed by atoms with Crippen LogP contribution in [0.3, 0.4) is 0 Å². The molecule has 0 bridgehead atoms. The molecule has 0 aliphatic heterocycles. The van der Waals surface area contributed by atoms with Crippen molar-refractivity contribution in [2.75, 3.05) is 13.7 Å². The van der Waals surface area contributed by atoms with E-state index in [0.29, 0.717) is 6.42 Å². The zero-order valence-electron chi connectivity index (χ0n) is 18.6. The number of hydrogen-bond donors (Lipinski definition) is 2. The highest BCUT2D eigenvalue weighted by Gasteiger charge is 2.51. The van der Waals surface area contributed by atoms with Gasteiger partial charge in [0.1, 0.15) is 17.8 Å². The fourth-order valence-corrected chi connectivity index (χ4v) is 7.91. The first kappa shape index (κ1) is 25.4. The van der Waals surface area contributed by atoms with Crippen LogP contribution in [0, 0.1) is 6.92 Å². The molecule has 0 spiro atoms. The summed E-state index contributed by atoms with van der Waals surface area (Å²) in [4.78, 5) is 0.0103. The molecule has 1 aromatic rings. The number of aryl methyl sites for hydroxylation is 1. The van der Waals surface area contributed by atoms with Crippen molar-refractivity contribution in [1.82, 2.24) is 0 Å². The summed E-state index contributed by atoms with van der Waals surface area (Å²) in [7, 11) is -4.52. The fraction of sp³-hybridized carbons (Fsp3) is 0.714. The molecule has 2 N–H and O–H groups in total. The van der Waals surface area contributed by atoms with E-state index in [1.807, 2.05) is 6.92 Å². The molecule has 1 aromatic carbocycles. The topological polar surface area (TPSA) is 102 Å². The van der Waals surface area contributed by atoms with E-state index >= 15 is 0 Å². The van der Waals surface area contributed by atoms with Gasteiger partial charge in [0.05, 0.1) is 17.6 Å². The smallest absolute Gasteiger partial charge is 0.297 e. The zero-order valence-corrected chi connectivity index (χ0v) is 20.4. The van der Waals surface area contributed by atoms with E-state index in [9.17, 15) is 18.6 Å². The summed E-state index contributed by atoms with van der Waals surface area (Å²) < 4.78 is 42.1. The summed E-state index contributed by atoms with van der Waals surface area (Å²) in [6.07, 6.45) is -1.82. The van der Waals surface area contributed by atoms with E-state index in [0.717, 1.165) is 23.7 Å².